The summed E-state index contributed by atoms with van der Waals surface area (Å²) in [4.78, 5) is 1.41. The van der Waals surface area contributed by atoms with Crippen molar-refractivity contribution in [2.24, 2.45) is 5.41 Å². The highest BCUT2D eigenvalue weighted by Crippen LogP contribution is 2.46. The van der Waals surface area contributed by atoms with Crippen LogP contribution in [0.1, 0.15) is 32.1 Å². The monoisotopic (exact) mass is 341 g/mol. The molecule has 4 nitrogen and oxygen atoms in total. The van der Waals surface area contributed by atoms with Gasteiger partial charge in [0.15, 0.2) is 0 Å². The first-order valence-corrected chi connectivity index (χ1v) is 10.5. The quantitative estimate of drug-likeness (QED) is 0.859. The Bertz CT molecular complexity index is 629. The van der Waals surface area contributed by atoms with Gasteiger partial charge in [-0.15, -0.1) is 11.8 Å². The molecule has 2 fully saturated rings. The highest BCUT2D eigenvalue weighted by Gasteiger charge is 2.47. The van der Waals surface area contributed by atoms with Gasteiger partial charge in [0.05, 0.1) is 11.0 Å². The summed E-state index contributed by atoms with van der Waals surface area (Å²) < 4.78 is 27.3. The van der Waals surface area contributed by atoms with Gasteiger partial charge in [0, 0.05) is 23.4 Å². The maximum Gasteiger partial charge on any atom is 0.243 e. The number of hydrogen-bond donors (Lipinski definition) is 1. The maximum atomic E-state index is 12.9. The Labute approximate surface area is 137 Å². The van der Waals surface area contributed by atoms with Crippen LogP contribution in [0.15, 0.2) is 34.1 Å². The van der Waals surface area contributed by atoms with E-state index in [1.165, 1.54) is 0 Å². The van der Waals surface area contributed by atoms with Crippen molar-refractivity contribution in [2.45, 2.75) is 48.0 Å². The molecule has 2 atom stereocenters. The molecule has 3 rings (SSSR count). The van der Waals surface area contributed by atoms with Gasteiger partial charge in [-0.3, -0.25) is 0 Å². The Kier molecular flexibility index (Phi) is 4.56. The van der Waals surface area contributed by atoms with Crippen molar-refractivity contribution >= 4 is 21.8 Å². The Morgan fingerprint density at radius 1 is 1.23 bits per heavy atom. The average molecular weight is 341 g/mol. The van der Waals surface area contributed by atoms with Crippen molar-refractivity contribution in [1.82, 2.24) is 4.31 Å². The summed E-state index contributed by atoms with van der Waals surface area (Å²) in [5.41, 5.74) is -0.218. The van der Waals surface area contributed by atoms with Gasteiger partial charge in [-0.05, 0) is 56.2 Å². The van der Waals surface area contributed by atoms with Crippen molar-refractivity contribution in [3.8, 4) is 0 Å². The van der Waals surface area contributed by atoms with E-state index in [9.17, 15) is 13.5 Å². The number of sulfonamides is 1. The molecule has 1 saturated carbocycles. The lowest BCUT2D eigenvalue weighted by molar-refractivity contribution is 0.0127. The number of piperidine rings is 1. The van der Waals surface area contributed by atoms with Crippen molar-refractivity contribution in [1.29, 1.82) is 0 Å². The Morgan fingerprint density at radius 3 is 2.50 bits per heavy atom. The van der Waals surface area contributed by atoms with Gasteiger partial charge < -0.3 is 5.11 Å². The summed E-state index contributed by atoms with van der Waals surface area (Å²) in [6.07, 6.45) is 6.12. The summed E-state index contributed by atoms with van der Waals surface area (Å²) in [6.45, 7) is 1.02. The third kappa shape index (κ3) is 2.82. The van der Waals surface area contributed by atoms with E-state index in [-0.39, 0.29) is 11.5 Å². The predicted octanol–water partition coefficient (Wildman–Crippen LogP) is 2.72. The molecule has 6 heteroatoms. The summed E-state index contributed by atoms with van der Waals surface area (Å²) in [5, 5.41) is 10.3. The molecule has 22 heavy (non-hydrogen) atoms. The van der Waals surface area contributed by atoms with Crippen LogP contribution in [-0.2, 0) is 10.0 Å². The minimum Gasteiger partial charge on any atom is -0.392 e. The normalized spacial score (nSPS) is 30.0. The van der Waals surface area contributed by atoms with Gasteiger partial charge in [0.1, 0.15) is 0 Å². The van der Waals surface area contributed by atoms with Crippen LogP contribution in [0.25, 0.3) is 0 Å². The van der Waals surface area contributed by atoms with E-state index in [0.717, 1.165) is 37.0 Å². The SMILES string of the molecule is CSc1ccc(S(=O)(=O)N2CCC[C@]3(CCC[C@H]3O)C2)cc1. The zero-order chi connectivity index (χ0) is 15.8. The van der Waals surface area contributed by atoms with Gasteiger partial charge in [-0.1, -0.05) is 6.42 Å². The van der Waals surface area contributed by atoms with E-state index in [1.54, 1.807) is 28.2 Å². The fraction of sp³-hybridized carbons (Fsp3) is 0.625. The number of thioether (sulfide) groups is 1. The predicted molar refractivity (Wildman–Crippen MR) is 88.5 cm³/mol. The summed E-state index contributed by atoms with van der Waals surface area (Å²) in [7, 11) is -3.46. The van der Waals surface area contributed by atoms with Gasteiger partial charge in [0.2, 0.25) is 10.0 Å². The van der Waals surface area contributed by atoms with Gasteiger partial charge in [-0.2, -0.15) is 4.31 Å². The first-order valence-electron chi connectivity index (χ1n) is 7.80. The highest BCUT2D eigenvalue weighted by molar-refractivity contribution is 7.98. The molecule has 0 bridgehead atoms. The Hall–Kier alpha value is -0.560. The third-order valence-corrected chi connectivity index (χ3v) is 7.73. The van der Waals surface area contributed by atoms with Crippen LogP contribution in [0, 0.1) is 5.41 Å². The van der Waals surface area contributed by atoms with Crippen LogP contribution < -0.4 is 0 Å². The van der Waals surface area contributed by atoms with E-state index >= 15 is 0 Å². The van der Waals surface area contributed by atoms with Crippen LogP contribution in [0.2, 0.25) is 0 Å². The van der Waals surface area contributed by atoms with Crippen molar-refractivity contribution in [2.75, 3.05) is 19.3 Å². The number of rotatable bonds is 3. The molecule has 0 unspecified atom stereocenters. The van der Waals surface area contributed by atoms with E-state index in [1.807, 2.05) is 18.4 Å². The molecule has 1 saturated heterocycles. The molecular formula is C16H23NO3S2. The first-order chi connectivity index (χ1) is 10.5. The number of nitrogens with zero attached hydrogens (tertiary/aromatic N) is 1. The lowest BCUT2D eigenvalue weighted by atomic mass is 9.77. The zero-order valence-corrected chi connectivity index (χ0v) is 14.5. The van der Waals surface area contributed by atoms with E-state index in [2.05, 4.69) is 0 Å². The van der Waals surface area contributed by atoms with Gasteiger partial charge in [0.25, 0.3) is 0 Å². The fourth-order valence-corrected chi connectivity index (χ4v) is 5.80. The molecule has 1 aliphatic heterocycles. The van der Waals surface area contributed by atoms with Gasteiger partial charge in [-0.25, -0.2) is 8.42 Å². The van der Waals surface area contributed by atoms with Crippen LogP contribution in [-0.4, -0.2) is 43.3 Å². The molecule has 1 N–H and O–H groups in total. The van der Waals surface area contributed by atoms with Crippen molar-refractivity contribution in [3.63, 3.8) is 0 Å². The lowest BCUT2D eigenvalue weighted by Gasteiger charge is -2.41. The average Bonchev–Trinajstić information content (AvgIpc) is 2.88. The molecule has 1 aliphatic carbocycles. The molecule has 1 spiro atoms. The lowest BCUT2D eigenvalue weighted by Crippen LogP contribution is -2.49. The molecular weight excluding hydrogens is 318 g/mol. The van der Waals surface area contributed by atoms with E-state index < -0.39 is 10.0 Å². The highest BCUT2D eigenvalue weighted by atomic mass is 32.2. The van der Waals surface area contributed by atoms with E-state index in [4.69, 9.17) is 0 Å². The zero-order valence-electron chi connectivity index (χ0n) is 12.9. The molecule has 0 radical (unpaired) electrons. The Balaban J connectivity index is 1.85. The fourth-order valence-electron chi connectivity index (χ4n) is 3.82. The number of hydrogen-bond acceptors (Lipinski definition) is 4. The molecule has 2 aliphatic rings. The number of aliphatic hydroxyl groups excluding tert-OH is 1. The van der Waals surface area contributed by atoms with Crippen molar-refractivity contribution < 1.29 is 13.5 Å². The molecule has 1 aromatic carbocycles. The minimum absolute atomic E-state index is 0.218. The molecule has 0 aromatic heterocycles. The molecule has 1 heterocycles. The van der Waals surface area contributed by atoms with Gasteiger partial charge >= 0.3 is 0 Å². The van der Waals surface area contributed by atoms with Crippen LogP contribution >= 0.6 is 11.8 Å². The summed E-state index contributed by atoms with van der Waals surface area (Å²) in [6, 6.07) is 7.07. The van der Waals surface area contributed by atoms with E-state index in [0.29, 0.717) is 18.0 Å². The second-order valence-electron chi connectivity index (χ2n) is 6.39. The second kappa shape index (κ2) is 6.15. The standard InChI is InChI=1S/C16H23NO3S2/c1-21-13-5-7-14(8-6-13)22(19,20)17-11-3-10-16(12-17)9-2-4-15(16)18/h5-8,15,18H,2-4,9-12H2,1H3/t15-,16-/m1/s1. The second-order valence-corrected chi connectivity index (χ2v) is 9.21. The largest absolute Gasteiger partial charge is 0.392 e. The Morgan fingerprint density at radius 2 is 1.91 bits per heavy atom. The molecule has 0 amide bonds. The first kappa shape index (κ1) is 16.3. The van der Waals surface area contributed by atoms with Crippen LogP contribution in [0.5, 0.6) is 0 Å². The number of benzene rings is 1. The smallest absolute Gasteiger partial charge is 0.243 e. The number of aliphatic hydroxyl groups is 1. The summed E-state index contributed by atoms with van der Waals surface area (Å²) >= 11 is 1.60. The minimum atomic E-state index is -3.46. The topological polar surface area (TPSA) is 57.6 Å². The van der Waals surface area contributed by atoms with Crippen molar-refractivity contribution in [3.05, 3.63) is 24.3 Å². The molecule has 122 valence electrons. The maximum absolute atomic E-state index is 12.9. The van der Waals surface area contributed by atoms with Crippen LogP contribution in [0.4, 0.5) is 0 Å². The molecule has 1 aromatic rings. The van der Waals surface area contributed by atoms with Crippen LogP contribution in [0.3, 0.4) is 0 Å². The summed E-state index contributed by atoms with van der Waals surface area (Å²) in [5.74, 6) is 0. The third-order valence-electron chi connectivity index (χ3n) is 5.13.